The molecule has 0 unspecified atom stereocenters. The molecule has 0 saturated carbocycles. The van der Waals surface area contributed by atoms with Gasteiger partial charge < -0.3 is 20.3 Å². The van der Waals surface area contributed by atoms with Crippen molar-refractivity contribution in [2.45, 2.75) is 0 Å². The van der Waals surface area contributed by atoms with E-state index in [4.69, 9.17) is 20.3 Å². The largest absolute Gasteiger partial charge is 0.477 e. The highest BCUT2D eigenvalue weighted by Gasteiger charge is 2.24. The van der Waals surface area contributed by atoms with Crippen LogP contribution >= 0.6 is 0 Å². The predicted molar refractivity (Wildman–Crippen MR) is 43.9 cm³/mol. The number of hydrogen-bond donors (Lipinski definition) is 2. The SMILES string of the molecule is Nc1ccc2c(c1C(=O)O)OCO2. The first-order valence-electron chi connectivity index (χ1n) is 3.61. The van der Waals surface area contributed by atoms with Gasteiger partial charge in [0.05, 0.1) is 5.69 Å². The van der Waals surface area contributed by atoms with Gasteiger partial charge in [0.1, 0.15) is 5.56 Å². The number of anilines is 1. The van der Waals surface area contributed by atoms with Gasteiger partial charge in [0.15, 0.2) is 11.5 Å². The number of fused-ring (bicyclic) bond motifs is 1. The van der Waals surface area contributed by atoms with Gasteiger partial charge in [-0.1, -0.05) is 0 Å². The molecule has 5 nitrogen and oxygen atoms in total. The van der Waals surface area contributed by atoms with Crippen molar-refractivity contribution in [3.63, 3.8) is 0 Å². The average molecular weight is 181 g/mol. The van der Waals surface area contributed by atoms with Gasteiger partial charge in [-0.2, -0.15) is 0 Å². The lowest BCUT2D eigenvalue weighted by atomic mass is 10.1. The van der Waals surface area contributed by atoms with E-state index in [1.54, 1.807) is 6.07 Å². The Morgan fingerprint density at radius 1 is 1.46 bits per heavy atom. The number of hydrogen-bond acceptors (Lipinski definition) is 4. The molecule has 0 spiro atoms. The van der Waals surface area contributed by atoms with E-state index in [-0.39, 0.29) is 23.8 Å². The van der Waals surface area contributed by atoms with Crippen LogP contribution in [0, 0.1) is 0 Å². The molecular formula is C8H7NO4. The monoisotopic (exact) mass is 181 g/mol. The minimum Gasteiger partial charge on any atom is -0.477 e. The van der Waals surface area contributed by atoms with Crippen molar-refractivity contribution in [3.05, 3.63) is 17.7 Å². The molecule has 1 aromatic carbocycles. The predicted octanol–water partition coefficient (Wildman–Crippen LogP) is 0.696. The lowest BCUT2D eigenvalue weighted by Crippen LogP contribution is -2.04. The standard InChI is InChI=1S/C8H7NO4/c9-4-1-2-5-7(13-3-12-5)6(4)8(10)11/h1-2H,3,9H2,(H,10,11). The quantitative estimate of drug-likeness (QED) is 0.623. The maximum atomic E-state index is 10.8. The van der Waals surface area contributed by atoms with Crippen molar-refractivity contribution in [1.82, 2.24) is 0 Å². The van der Waals surface area contributed by atoms with Crippen LogP contribution in [0.2, 0.25) is 0 Å². The Kier molecular flexibility index (Phi) is 1.51. The summed E-state index contributed by atoms with van der Waals surface area (Å²) in [6, 6.07) is 3.07. The molecule has 0 radical (unpaired) electrons. The summed E-state index contributed by atoms with van der Waals surface area (Å²) >= 11 is 0. The molecule has 1 aliphatic rings. The topological polar surface area (TPSA) is 81.8 Å². The van der Waals surface area contributed by atoms with Crippen molar-refractivity contribution in [1.29, 1.82) is 0 Å². The Balaban J connectivity index is 2.65. The number of nitrogens with two attached hydrogens (primary N) is 1. The summed E-state index contributed by atoms with van der Waals surface area (Å²) in [7, 11) is 0. The molecule has 0 bridgehead atoms. The summed E-state index contributed by atoms with van der Waals surface area (Å²) in [6.07, 6.45) is 0. The smallest absolute Gasteiger partial charge is 0.341 e. The molecule has 0 aliphatic carbocycles. The van der Waals surface area contributed by atoms with Gasteiger partial charge >= 0.3 is 5.97 Å². The van der Waals surface area contributed by atoms with E-state index < -0.39 is 5.97 Å². The Morgan fingerprint density at radius 2 is 2.23 bits per heavy atom. The van der Waals surface area contributed by atoms with Gasteiger partial charge in [0.25, 0.3) is 0 Å². The number of rotatable bonds is 1. The van der Waals surface area contributed by atoms with Gasteiger partial charge in [-0.15, -0.1) is 0 Å². The van der Waals surface area contributed by atoms with Gasteiger partial charge in [-0.3, -0.25) is 0 Å². The number of benzene rings is 1. The Labute approximate surface area is 73.7 Å². The highest BCUT2D eigenvalue weighted by atomic mass is 16.7. The molecular weight excluding hydrogens is 174 g/mol. The fourth-order valence-corrected chi connectivity index (χ4v) is 1.21. The van der Waals surface area contributed by atoms with Gasteiger partial charge in [-0.05, 0) is 12.1 Å². The zero-order valence-electron chi connectivity index (χ0n) is 6.61. The molecule has 13 heavy (non-hydrogen) atoms. The third kappa shape index (κ3) is 1.05. The third-order valence-corrected chi connectivity index (χ3v) is 1.79. The summed E-state index contributed by atoms with van der Waals surface area (Å²) < 4.78 is 9.99. The molecule has 1 aromatic rings. The van der Waals surface area contributed by atoms with Crippen LogP contribution in [0.4, 0.5) is 5.69 Å². The lowest BCUT2D eigenvalue weighted by molar-refractivity contribution is 0.0693. The molecule has 3 N–H and O–H groups in total. The molecule has 0 saturated heterocycles. The minimum absolute atomic E-state index is 0.0324. The molecule has 2 rings (SSSR count). The van der Waals surface area contributed by atoms with E-state index in [1.807, 2.05) is 0 Å². The van der Waals surface area contributed by atoms with Crippen LogP contribution < -0.4 is 15.2 Å². The van der Waals surface area contributed by atoms with E-state index in [1.165, 1.54) is 6.07 Å². The first-order valence-corrected chi connectivity index (χ1v) is 3.61. The third-order valence-electron chi connectivity index (χ3n) is 1.79. The van der Waals surface area contributed by atoms with E-state index in [2.05, 4.69) is 0 Å². The van der Waals surface area contributed by atoms with Crippen molar-refractivity contribution in [2.75, 3.05) is 12.5 Å². The van der Waals surface area contributed by atoms with Crippen LogP contribution in [0.3, 0.4) is 0 Å². The van der Waals surface area contributed by atoms with Crippen LogP contribution in [0.25, 0.3) is 0 Å². The summed E-state index contributed by atoms with van der Waals surface area (Å²) in [5, 5.41) is 8.81. The Hall–Kier alpha value is -1.91. The average Bonchev–Trinajstić information content (AvgIpc) is 2.50. The number of carboxylic acids is 1. The Bertz CT molecular complexity index is 375. The lowest BCUT2D eigenvalue weighted by Gasteiger charge is -2.03. The van der Waals surface area contributed by atoms with E-state index in [0.717, 1.165) is 0 Å². The zero-order chi connectivity index (χ0) is 9.42. The molecule has 0 aromatic heterocycles. The van der Waals surface area contributed by atoms with Crippen molar-refractivity contribution in [2.24, 2.45) is 0 Å². The van der Waals surface area contributed by atoms with Crippen LogP contribution in [0.1, 0.15) is 10.4 Å². The molecule has 0 fully saturated rings. The Morgan fingerprint density at radius 3 is 2.92 bits per heavy atom. The highest BCUT2D eigenvalue weighted by Crippen LogP contribution is 2.38. The van der Waals surface area contributed by atoms with Crippen molar-refractivity contribution >= 4 is 11.7 Å². The zero-order valence-corrected chi connectivity index (χ0v) is 6.61. The molecule has 1 aliphatic heterocycles. The van der Waals surface area contributed by atoms with Crippen LogP contribution in [-0.4, -0.2) is 17.9 Å². The summed E-state index contributed by atoms with van der Waals surface area (Å²) in [5.74, 6) is -0.473. The fraction of sp³-hybridized carbons (Fsp3) is 0.125. The maximum Gasteiger partial charge on any atom is 0.341 e. The first-order chi connectivity index (χ1) is 6.20. The number of nitrogen functional groups attached to an aromatic ring is 1. The second kappa shape index (κ2) is 2.55. The van der Waals surface area contributed by atoms with Crippen molar-refractivity contribution in [3.8, 4) is 11.5 Å². The second-order valence-electron chi connectivity index (χ2n) is 2.57. The van der Waals surface area contributed by atoms with Gasteiger partial charge in [-0.25, -0.2) is 4.79 Å². The summed E-state index contributed by atoms with van der Waals surface area (Å²) in [4.78, 5) is 10.8. The summed E-state index contributed by atoms with van der Waals surface area (Å²) in [5.41, 5.74) is 5.62. The normalized spacial score (nSPS) is 12.9. The molecule has 0 atom stereocenters. The van der Waals surface area contributed by atoms with Crippen molar-refractivity contribution < 1.29 is 19.4 Å². The fourth-order valence-electron chi connectivity index (χ4n) is 1.21. The molecule has 68 valence electrons. The van der Waals surface area contributed by atoms with Gasteiger partial charge in [0, 0.05) is 0 Å². The molecule has 1 heterocycles. The molecule has 0 amide bonds. The first kappa shape index (κ1) is 7.72. The molecule has 5 heteroatoms. The number of carboxylic acid groups (broad SMARTS) is 1. The minimum atomic E-state index is -1.11. The number of carbonyl (C=O) groups is 1. The van der Waals surface area contributed by atoms with E-state index in [9.17, 15) is 4.79 Å². The number of ether oxygens (including phenoxy) is 2. The van der Waals surface area contributed by atoms with E-state index in [0.29, 0.717) is 5.75 Å². The second-order valence-corrected chi connectivity index (χ2v) is 2.57. The van der Waals surface area contributed by atoms with Crippen LogP contribution in [0.5, 0.6) is 11.5 Å². The van der Waals surface area contributed by atoms with E-state index >= 15 is 0 Å². The van der Waals surface area contributed by atoms with Crippen LogP contribution in [0.15, 0.2) is 12.1 Å². The van der Waals surface area contributed by atoms with Gasteiger partial charge in [0.2, 0.25) is 6.79 Å². The van der Waals surface area contributed by atoms with Crippen LogP contribution in [-0.2, 0) is 0 Å². The maximum absolute atomic E-state index is 10.8. The number of aromatic carboxylic acids is 1. The summed E-state index contributed by atoms with van der Waals surface area (Å²) in [6.45, 7) is 0.0407. The highest BCUT2D eigenvalue weighted by molar-refractivity contribution is 5.98.